The molecular weight excluding hydrogens is 305 g/mol. The van der Waals surface area contributed by atoms with Crippen LogP contribution >= 0.6 is 11.8 Å². The molecule has 0 bridgehead atoms. The maximum absolute atomic E-state index is 12.2. The summed E-state index contributed by atoms with van der Waals surface area (Å²) in [5, 5.41) is 2.66. The van der Waals surface area contributed by atoms with Crippen molar-refractivity contribution in [2.45, 2.75) is 19.1 Å². The Labute approximate surface area is 123 Å². The van der Waals surface area contributed by atoms with Crippen molar-refractivity contribution in [1.29, 1.82) is 0 Å². The summed E-state index contributed by atoms with van der Waals surface area (Å²) < 4.78 is 36.3. The highest BCUT2D eigenvalue weighted by Gasteiger charge is 2.34. The number of anilines is 2. The van der Waals surface area contributed by atoms with E-state index in [-0.39, 0.29) is 11.7 Å². The first-order valence-corrected chi connectivity index (χ1v) is 7.31. The van der Waals surface area contributed by atoms with Crippen molar-refractivity contribution in [2.75, 3.05) is 21.7 Å². The van der Waals surface area contributed by atoms with Crippen molar-refractivity contribution < 1.29 is 22.8 Å². The number of amides is 2. The Kier molecular flexibility index (Phi) is 4.46. The molecule has 0 aliphatic carbocycles. The van der Waals surface area contributed by atoms with E-state index in [1.807, 2.05) is 0 Å². The summed E-state index contributed by atoms with van der Waals surface area (Å²) in [5.41, 5.74) is 0.983. The summed E-state index contributed by atoms with van der Waals surface area (Å²) in [6.45, 7) is 1.54. The van der Waals surface area contributed by atoms with Crippen LogP contribution in [0.25, 0.3) is 0 Å². The van der Waals surface area contributed by atoms with Gasteiger partial charge in [0.05, 0.1) is 22.9 Å². The van der Waals surface area contributed by atoms with Crippen LogP contribution in [0, 0.1) is 0 Å². The Balaban J connectivity index is 2.14. The van der Waals surface area contributed by atoms with Crippen molar-refractivity contribution in [3.05, 3.63) is 24.3 Å². The predicted molar refractivity (Wildman–Crippen MR) is 75.4 cm³/mol. The van der Waals surface area contributed by atoms with E-state index >= 15 is 0 Å². The maximum atomic E-state index is 12.2. The molecule has 114 valence electrons. The van der Waals surface area contributed by atoms with E-state index < -0.39 is 23.9 Å². The number of hydrogen-bond acceptors (Lipinski definition) is 3. The molecule has 1 N–H and O–H groups in total. The van der Waals surface area contributed by atoms with Crippen molar-refractivity contribution in [3.63, 3.8) is 0 Å². The van der Waals surface area contributed by atoms with Crippen LogP contribution in [0.2, 0.25) is 0 Å². The zero-order chi connectivity index (χ0) is 15.6. The SMILES string of the molecule is CC1C(=O)Nc2ccccc2N1C(=O)CSCC(F)(F)F. The minimum Gasteiger partial charge on any atom is -0.322 e. The van der Waals surface area contributed by atoms with Gasteiger partial charge < -0.3 is 5.32 Å². The van der Waals surface area contributed by atoms with Crippen LogP contribution in [-0.4, -0.2) is 35.5 Å². The van der Waals surface area contributed by atoms with Gasteiger partial charge in [0.1, 0.15) is 6.04 Å². The maximum Gasteiger partial charge on any atom is 0.397 e. The molecule has 1 unspecified atom stereocenters. The number of para-hydroxylation sites is 2. The smallest absolute Gasteiger partial charge is 0.322 e. The second-order valence-corrected chi connectivity index (χ2v) is 5.54. The third kappa shape index (κ3) is 3.69. The largest absolute Gasteiger partial charge is 0.397 e. The fraction of sp³-hybridized carbons (Fsp3) is 0.385. The Hall–Kier alpha value is -1.70. The fourth-order valence-electron chi connectivity index (χ4n) is 2.03. The molecule has 1 aliphatic rings. The van der Waals surface area contributed by atoms with Gasteiger partial charge in [-0.3, -0.25) is 14.5 Å². The van der Waals surface area contributed by atoms with Crippen molar-refractivity contribution in [3.8, 4) is 0 Å². The number of nitrogens with one attached hydrogen (secondary N) is 1. The van der Waals surface area contributed by atoms with Gasteiger partial charge in [0, 0.05) is 0 Å². The fourth-order valence-corrected chi connectivity index (χ4v) is 2.67. The van der Waals surface area contributed by atoms with E-state index in [1.165, 1.54) is 11.8 Å². The van der Waals surface area contributed by atoms with Crippen LogP contribution in [0.15, 0.2) is 24.3 Å². The molecule has 1 atom stereocenters. The molecule has 4 nitrogen and oxygen atoms in total. The Bertz CT molecular complexity index is 563. The molecule has 0 aromatic heterocycles. The van der Waals surface area contributed by atoms with E-state index in [0.29, 0.717) is 23.1 Å². The van der Waals surface area contributed by atoms with Crippen LogP contribution in [-0.2, 0) is 9.59 Å². The molecule has 0 radical (unpaired) electrons. The normalized spacial score (nSPS) is 18.2. The standard InChI is InChI=1S/C13H13F3N2O2S/c1-8-12(20)17-9-4-2-3-5-10(9)18(8)11(19)6-21-7-13(14,15)16/h2-5,8H,6-7H2,1H3,(H,17,20). The van der Waals surface area contributed by atoms with Gasteiger partial charge in [0.15, 0.2) is 0 Å². The van der Waals surface area contributed by atoms with Gasteiger partial charge in [-0.25, -0.2) is 0 Å². The van der Waals surface area contributed by atoms with E-state index in [0.717, 1.165) is 0 Å². The molecule has 0 spiro atoms. The molecule has 2 rings (SSSR count). The molecule has 0 fully saturated rings. The number of carbonyl (C=O) groups is 2. The van der Waals surface area contributed by atoms with E-state index in [9.17, 15) is 22.8 Å². The van der Waals surface area contributed by atoms with Gasteiger partial charge in [-0.05, 0) is 19.1 Å². The summed E-state index contributed by atoms with van der Waals surface area (Å²) in [4.78, 5) is 25.2. The molecule has 1 aliphatic heterocycles. The molecule has 1 aromatic carbocycles. The Morgan fingerprint density at radius 1 is 1.38 bits per heavy atom. The highest BCUT2D eigenvalue weighted by Crippen LogP contribution is 2.32. The monoisotopic (exact) mass is 318 g/mol. The lowest BCUT2D eigenvalue weighted by atomic mass is 10.1. The average Bonchev–Trinajstić information content (AvgIpc) is 2.38. The number of rotatable bonds is 3. The number of halogens is 3. The third-order valence-corrected chi connectivity index (χ3v) is 3.93. The first kappa shape index (κ1) is 15.7. The number of benzene rings is 1. The molecule has 8 heteroatoms. The summed E-state index contributed by atoms with van der Waals surface area (Å²) in [7, 11) is 0. The van der Waals surface area contributed by atoms with E-state index in [2.05, 4.69) is 5.32 Å². The first-order chi connectivity index (χ1) is 9.79. The number of fused-ring (bicyclic) bond motifs is 1. The third-order valence-electron chi connectivity index (χ3n) is 2.95. The molecule has 1 aromatic rings. The second kappa shape index (κ2) is 5.97. The lowest BCUT2D eigenvalue weighted by Crippen LogP contribution is -2.50. The molecule has 2 amide bonds. The topological polar surface area (TPSA) is 49.4 Å². The number of hydrogen-bond donors (Lipinski definition) is 1. The predicted octanol–water partition coefficient (Wildman–Crippen LogP) is 2.66. The molecule has 1 heterocycles. The van der Waals surface area contributed by atoms with E-state index in [1.54, 1.807) is 24.3 Å². The zero-order valence-electron chi connectivity index (χ0n) is 11.1. The zero-order valence-corrected chi connectivity index (χ0v) is 11.9. The van der Waals surface area contributed by atoms with Crippen LogP contribution in [0.4, 0.5) is 24.5 Å². The average molecular weight is 318 g/mol. The molecule has 21 heavy (non-hydrogen) atoms. The van der Waals surface area contributed by atoms with Gasteiger partial charge in [0.25, 0.3) is 0 Å². The van der Waals surface area contributed by atoms with Gasteiger partial charge in [-0.15, -0.1) is 11.8 Å². The summed E-state index contributed by atoms with van der Waals surface area (Å²) in [6.07, 6.45) is -4.31. The van der Waals surface area contributed by atoms with Crippen molar-refractivity contribution in [2.24, 2.45) is 0 Å². The van der Waals surface area contributed by atoms with Crippen LogP contribution in [0.1, 0.15) is 6.92 Å². The van der Waals surface area contributed by atoms with Gasteiger partial charge >= 0.3 is 6.18 Å². The number of nitrogens with zero attached hydrogens (tertiary/aromatic N) is 1. The quantitative estimate of drug-likeness (QED) is 0.932. The van der Waals surface area contributed by atoms with Crippen LogP contribution in [0.3, 0.4) is 0 Å². The minimum absolute atomic E-state index is 0.328. The second-order valence-electron chi connectivity index (χ2n) is 4.55. The number of alkyl halides is 3. The number of thioether (sulfide) groups is 1. The van der Waals surface area contributed by atoms with Crippen molar-refractivity contribution in [1.82, 2.24) is 0 Å². The Morgan fingerprint density at radius 3 is 2.71 bits per heavy atom. The molecule has 0 saturated carbocycles. The summed E-state index contributed by atoms with van der Waals surface area (Å²) in [5.74, 6) is -2.29. The minimum atomic E-state index is -4.31. The lowest BCUT2D eigenvalue weighted by Gasteiger charge is -2.34. The van der Waals surface area contributed by atoms with Gasteiger partial charge in [-0.2, -0.15) is 13.2 Å². The molecular formula is C13H13F3N2O2S. The Morgan fingerprint density at radius 2 is 2.05 bits per heavy atom. The van der Waals surface area contributed by atoms with Crippen LogP contribution < -0.4 is 10.2 Å². The highest BCUT2D eigenvalue weighted by molar-refractivity contribution is 8.00. The summed E-state index contributed by atoms with van der Waals surface area (Å²) >= 11 is 0.492. The number of carbonyl (C=O) groups excluding carboxylic acids is 2. The van der Waals surface area contributed by atoms with Gasteiger partial charge in [-0.1, -0.05) is 12.1 Å². The summed E-state index contributed by atoms with van der Waals surface area (Å²) in [6, 6.07) is 5.95. The van der Waals surface area contributed by atoms with Gasteiger partial charge in [0.2, 0.25) is 11.8 Å². The lowest BCUT2D eigenvalue weighted by molar-refractivity contribution is -0.122. The van der Waals surface area contributed by atoms with Crippen LogP contribution in [0.5, 0.6) is 0 Å². The van der Waals surface area contributed by atoms with Crippen molar-refractivity contribution >= 4 is 35.0 Å². The molecule has 0 saturated heterocycles. The first-order valence-electron chi connectivity index (χ1n) is 6.16. The van der Waals surface area contributed by atoms with E-state index in [4.69, 9.17) is 0 Å². The highest BCUT2D eigenvalue weighted by atomic mass is 32.2.